The maximum Gasteiger partial charge on any atom is 0.264 e. The highest BCUT2D eigenvalue weighted by Gasteiger charge is 2.35. The minimum absolute atomic E-state index is 0.0174. The second kappa shape index (κ2) is 13.9. The molecule has 0 heterocycles. The Hall–Kier alpha value is -3.07. The van der Waals surface area contributed by atoms with Gasteiger partial charge in [-0.3, -0.25) is 13.9 Å². The van der Waals surface area contributed by atoms with E-state index in [0.717, 1.165) is 9.87 Å². The van der Waals surface area contributed by atoms with Crippen LogP contribution in [0.25, 0.3) is 0 Å². The molecule has 0 saturated carbocycles. The van der Waals surface area contributed by atoms with Crippen molar-refractivity contribution >= 4 is 50.7 Å². The van der Waals surface area contributed by atoms with E-state index in [1.165, 1.54) is 17.0 Å². The first-order chi connectivity index (χ1) is 19.6. The van der Waals surface area contributed by atoms with Crippen LogP contribution in [0.1, 0.15) is 65.0 Å². The van der Waals surface area contributed by atoms with Crippen molar-refractivity contribution in [1.82, 2.24) is 10.2 Å². The Morgan fingerprint density at radius 3 is 2.07 bits per heavy atom. The van der Waals surface area contributed by atoms with Crippen molar-refractivity contribution in [2.45, 2.75) is 76.9 Å². The monoisotopic (exact) mass is 631 g/mol. The lowest BCUT2D eigenvalue weighted by molar-refractivity contribution is -0.141. The summed E-state index contributed by atoms with van der Waals surface area (Å²) in [7, 11) is -4.14. The van der Waals surface area contributed by atoms with Crippen LogP contribution in [0.4, 0.5) is 5.69 Å². The van der Waals surface area contributed by atoms with Crippen LogP contribution in [0, 0.1) is 0 Å². The van der Waals surface area contributed by atoms with E-state index in [-0.39, 0.29) is 23.3 Å². The van der Waals surface area contributed by atoms with Gasteiger partial charge in [0.1, 0.15) is 12.6 Å². The first-order valence-electron chi connectivity index (χ1n) is 13.9. The van der Waals surface area contributed by atoms with Crippen LogP contribution in [-0.2, 0) is 26.2 Å². The van der Waals surface area contributed by atoms with Crippen LogP contribution < -0.4 is 9.62 Å². The number of sulfonamides is 1. The molecule has 0 aliphatic carbocycles. The minimum Gasteiger partial charge on any atom is -0.350 e. The summed E-state index contributed by atoms with van der Waals surface area (Å²) in [5, 5.41) is 3.73. The van der Waals surface area contributed by atoms with Gasteiger partial charge in [0.15, 0.2) is 0 Å². The Balaban J connectivity index is 2.10. The second-order valence-corrected chi connectivity index (χ2v) is 14.2. The maximum absolute atomic E-state index is 14.2. The summed E-state index contributed by atoms with van der Waals surface area (Å²) in [6.45, 7) is 10.9. The van der Waals surface area contributed by atoms with Crippen LogP contribution >= 0.6 is 23.2 Å². The molecule has 0 radical (unpaired) electrons. The summed E-state index contributed by atoms with van der Waals surface area (Å²) in [5.41, 5.74) is 1.41. The predicted octanol–water partition coefficient (Wildman–Crippen LogP) is 7.03. The van der Waals surface area contributed by atoms with E-state index in [4.69, 9.17) is 23.2 Å². The molecular formula is C32H39Cl2N3O4S. The average molecular weight is 633 g/mol. The van der Waals surface area contributed by atoms with Crippen LogP contribution in [0.5, 0.6) is 0 Å². The zero-order valence-corrected chi connectivity index (χ0v) is 27.2. The molecule has 0 aliphatic rings. The zero-order chi connectivity index (χ0) is 31.2. The molecule has 226 valence electrons. The summed E-state index contributed by atoms with van der Waals surface area (Å²) in [6, 6.07) is 19.1. The molecule has 1 atom stereocenters. The molecule has 7 nitrogen and oxygen atoms in total. The number of hydrogen-bond acceptors (Lipinski definition) is 4. The lowest BCUT2D eigenvalue weighted by Crippen LogP contribution is -2.55. The third-order valence-corrected chi connectivity index (χ3v) is 9.07. The van der Waals surface area contributed by atoms with Gasteiger partial charge in [-0.25, -0.2) is 8.42 Å². The molecule has 0 bridgehead atoms. The maximum atomic E-state index is 14.2. The molecule has 0 fully saturated rings. The lowest BCUT2D eigenvalue weighted by Gasteiger charge is -2.35. The third-order valence-electron chi connectivity index (χ3n) is 6.70. The molecule has 0 aliphatic heterocycles. The van der Waals surface area contributed by atoms with Gasteiger partial charge in [-0.1, -0.05) is 80.4 Å². The molecule has 0 aromatic heterocycles. The number of hydrogen-bond donors (Lipinski definition) is 1. The fourth-order valence-corrected chi connectivity index (χ4v) is 6.38. The van der Waals surface area contributed by atoms with Crippen molar-refractivity contribution in [3.05, 3.63) is 94.0 Å². The van der Waals surface area contributed by atoms with Gasteiger partial charge in [0.2, 0.25) is 11.8 Å². The molecule has 10 heteroatoms. The number of halogens is 2. The number of rotatable bonds is 11. The van der Waals surface area contributed by atoms with Crippen molar-refractivity contribution in [1.29, 1.82) is 0 Å². The number of carbonyl (C=O) groups excluding carboxylic acids is 2. The Kier molecular flexibility index (Phi) is 11.1. The van der Waals surface area contributed by atoms with Crippen LogP contribution in [0.2, 0.25) is 10.0 Å². The molecule has 0 saturated heterocycles. The molecule has 3 aromatic carbocycles. The number of nitrogens with zero attached hydrogens (tertiary/aromatic N) is 2. The topological polar surface area (TPSA) is 86.8 Å². The summed E-state index contributed by atoms with van der Waals surface area (Å²) in [5.74, 6) is -0.655. The minimum atomic E-state index is -4.14. The van der Waals surface area contributed by atoms with E-state index in [1.54, 1.807) is 55.5 Å². The highest BCUT2D eigenvalue weighted by molar-refractivity contribution is 7.92. The highest BCUT2D eigenvalue weighted by Crippen LogP contribution is 2.28. The van der Waals surface area contributed by atoms with Gasteiger partial charge in [-0.15, -0.1) is 0 Å². The molecule has 3 aromatic rings. The van der Waals surface area contributed by atoms with E-state index < -0.39 is 34.1 Å². The Morgan fingerprint density at radius 2 is 1.55 bits per heavy atom. The third kappa shape index (κ3) is 8.49. The standard InChI is InChI=1S/C32H39Cl2N3O4S/c1-7-29(31(39)35-32(4,5)6)36(20-24-13-16-25(33)19-28(24)34)30(38)21-37(26-17-14-23(15-18-26)22(2)3)42(40,41)27-11-9-8-10-12-27/h8-19,22,29H,7,20-21H2,1-6H3,(H,35,39). The highest BCUT2D eigenvalue weighted by atomic mass is 35.5. The number of benzene rings is 3. The SMILES string of the molecule is CCC(C(=O)NC(C)(C)C)N(Cc1ccc(Cl)cc1Cl)C(=O)CN(c1ccc(C(C)C)cc1)S(=O)(=O)c1ccccc1. The van der Waals surface area contributed by atoms with Crippen LogP contribution in [0.15, 0.2) is 77.7 Å². The summed E-state index contributed by atoms with van der Waals surface area (Å²) < 4.78 is 29.0. The van der Waals surface area contributed by atoms with Crippen molar-refractivity contribution in [2.75, 3.05) is 10.8 Å². The molecular weight excluding hydrogens is 593 g/mol. The zero-order valence-electron chi connectivity index (χ0n) is 24.9. The van der Waals surface area contributed by atoms with Gasteiger partial charge in [0, 0.05) is 22.1 Å². The fourth-order valence-electron chi connectivity index (χ4n) is 4.48. The van der Waals surface area contributed by atoms with Crippen LogP contribution in [0.3, 0.4) is 0 Å². The van der Waals surface area contributed by atoms with Crippen molar-refractivity contribution in [3.8, 4) is 0 Å². The first-order valence-corrected chi connectivity index (χ1v) is 16.1. The van der Waals surface area contributed by atoms with E-state index in [0.29, 0.717) is 27.7 Å². The van der Waals surface area contributed by atoms with Gasteiger partial charge in [0.05, 0.1) is 10.6 Å². The van der Waals surface area contributed by atoms with Crippen molar-refractivity contribution < 1.29 is 18.0 Å². The summed E-state index contributed by atoms with van der Waals surface area (Å²) >= 11 is 12.6. The van der Waals surface area contributed by atoms with E-state index >= 15 is 0 Å². The molecule has 1 unspecified atom stereocenters. The van der Waals surface area contributed by atoms with Gasteiger partial charge >= 0.3 is 0 Å². The van der Waals surface area contributed by atoms with Gasteiger partial charge in [-0.05, 0) is 80.6 Å². The molecule has 2 amide bonds. The lowest BCUT2D eigenvalue weighted by atomic mass is 10.0. The van der Waals surface area contributed by atoms with Gasteiger partial charge in [-0.2, -0.15) is 0 Å². The number of carbonyl (C=O) groups is 2. The normalized spacial score (nSPS) is 12.6. The Bertz CT molecular complexity index is 1490. The molecule has 1 N–H and O–H groups in total. The first kappa shape index (κ1) is 33.4. The summed E-state index contributed by atoms with van der Waals surface area (Å²) in [4.78, 5) is 29.1. The number of nitrogens with one attached hydrogen (secondary N) is 1. The Labute approximate surface area is 259 Å². The van der Waals surface area contributed by atoms with Gasteiger partial charge < -0.3 is 10.2 Å². The largest absolute Gasteiger partial charge is 0.350 e. The Morgan fingerprint density at radius 1 is 0.929 bits per heavy atom. The van der Waals surface area contributed by atoms with Gasteiger partial charge in [0.25, 0.3) is 10.0 Å². The van der Waals surface area contributed by atoms with Crippen LogP contribution in [-0.4, -0.2) is 43.3 Å². The molecule has 0 spiro atoms. The van der Waals surface area contributed by atoms with E-state index in [1.807, 2.05) is 46.8 Å². The smallest absolute Gasteiger partial charge is 0.264 e. The average Bonchev–Trinajstić information content (AvgIpc) is 2.92. The van der Waals surface area contributed by atoms with E-state index in [2.05, 4.69) is 5.32 Å². The quantitative estimate of drug-likeness (QED) is 0.246. The second-order valence-electron chi connectivity index (χ2n) is 11.5. The van der Waals surface area contributed by atoms with Crippen molar-refractivity contribution in [2.24, 2.45) is 0 Å². The predicted molar refractivity (Wildman–Crippen MR) is 170 cm³/mol. The molecule has 42 heavy (non-hydrogen) atoms. The fraction of sp³-hybridized carbons (Fsp3) is 0.375. The number of anilines is 1. The molecule has 3 rings (SSSR count). The number of amides is 2. The van der Waals surface area contributed by atoms with Crippen molar-refractivity contribution in [3.63, 3.8) is 0 Å². The summed E-state index contributed by atoms with van der Waals surface area (Å²) in [6.07, 6.45) is 0.299. The van der Waals surface area contributed by atoms with E-state index in [9.17, 15) is 18.0 Å².